The van der Waals surface area contributed by atoms with E-state index in [4.69, 9.17) is 9.84 Å². The molecule has 0 aliphatic rings. The Morgan fingerprint density at radius 3 is 2.30 bits per heavy atom. The topological polar surface area (TPSA) is 78.9 Å². The molecule has 0 aromatic heterocycles. The SMILES string of the molecule is CCCCN(CCCCCCNC(=O)OCC)C(=O)O. The second-order valence-corrected chi connectivity index (χ2v) is 4.68. The van der Waals surface area contributed by atoms with Crippen molar-refractivity contribution in [2.24, 2.45) is 0 Å². The van der Waals surface area contributed by atoms with E-state index in [0.29, 0.717) is 26.2 Å². The molecule has 0 aromatic rings. The molecule has 2 amide bonds. The number of hydrogen-bond acceptors (Lipinski definition) is 3. The Balaban J connectivity index is 3.49. The Hall–Kier alpha value is -1.46. The van der Waals surface area contributed by atoms with Gasteiger partial charge in [0.25, 0.3) is 0 Å². The molecule has 118 valence electrons. The maximum atomic E-state index is 11.0. The van der Waals surface area contributed by atoms with E-state index in [2.05, 4.69) is 12.2 Å². The van der Waals surface area contributed by atoms with Crippen LogP contribution in [0.4, 0.5) is 9.59 Å². The maximum Gasteiger partial charge on any atom is 0.407 e. The number of rotatable bonds is 11. The van der Waals surface area contributed by atoms with Crippen LogP contribution in [0.5, 0.6) is 0 Å². The lowest BCUT2D eigenvalue weighted by atomic mass is 10.2. The third-order valence-electron chi connectivity index (χ3n) is 2.95. The lowest BCUT2D eigenvalue weighted by Gasteiger charge is -2.18. The van der Waals surface area contributed by atoms with Crippen LogP contribution in [0, 0.1) is 0 Å². The van der Waals surface area contributed by atoms with Crippen LogP contribution >= 0.6 is 0 Å². The van der Waals surface area contributed by atoms with Crippen molar-refractivity contribution in [3.63, 3.8) is 0 Å². The zero-order chi connectivity index (χ0) is 15.2. The molecule has 2 N–H and O–H groups in total. The third-order valence-corrected chi connectivity index (χ3v) is 2.95. The number of nitrogens with one attached hydrogen (secondary N) is 1. The van der Waals surface area contributed by atoms with Crippen LogP contribution in [0.15, 0.2) is 0 Å². The minimum absolute atomic E-state index is 0.371. The van der Waals surface area contributed by atoms with Gasteiger partial charge < -0.3 is 20.1 Å². The minimum Gasteiger partial charge on any atom is -0.465 e. The molecule has 0 heterocycles. The average Bonchev–Trinajstić information content (AvgIpc) is 2.40. The number of amides is 2. The molecule has 6 nitrogen and oxygen atoms in total. The van der Waals surface area contributed by atoms with Crippen LogP contribution < -0.4 is 5.32 Å². The number of hydrogen-bond donors (Lipinski definition) is 2. The van der Waals surface area contributed by atoms with E-state index in [0.717, 1.165) is 38.5 Å². The number of carbonyl (C=O) groups excluding carboxylic acids is 1. The first-order valence-electron chi connectivity index (χ1n) is 7.50. The highest BCUT2D eigenvalue weighted by molar-refractivity contribution is 5.66. The molecule has 0 aliphatic heterocycles. The summed E-state index contributed by atoms with van der Waals surface area (Å²) in [6.45, 7) is 6.03. The van der Waals surface area contributed by atoms with Gasteiger partial charge in [0.15, 0.2) is 0 Å². The fourth-order valence-electron chi connectivity index (χ4n) is 1.81. The van der Waals surface area contributed by atoms with Crippen molar-refractivity contribution in [3.05, 3.63) is 0 Å². The molecule has 0 saturated heterocycles. The predicted octanol–water partition coefficient (Wildman–Crippen LogP) is 3.07. The molecule has 0 spiro atoms. The smallest absolute Gasteiger partial charge is 0.407 e. The molecule has 0 rings (SSSR count). The van der Waals surface area contributed by atoms with E-state index in [1.165, 1.54) is 4.90 Å². The van der Waals surface area contributed by atoms with Gasteiger partial charge in [0.2, 0.25) is 0 Å². The molecule has 6 heteroatoms. The Kier molecular flexibility index (Phi) is 11.7. The van der Waals surface area contributed by atoms with Crippen LogP contribution in [0.2, 0.25) is 0 Å². The fraction of sp³-hybridized carbons (Fsp3) is 0.857. The van der Waals surface area contributed by atoms with Crippen LogP contribution in [-0.4, -0.2) is 48.4 Å². The molecular weight excluding hydrogens is 260 g/mol. The first-order chi connectivity index (χ1) is 9.61. The van der Waals surface area contributed by atoms with Gasteiger partial charge in [-0.2, -0.15) is 0 Å². The van der Waals surface area contributed by atoms with Crippen molar-refractivity contribution < 1.29 is 19.4 Å². The summed E-state index contributed by atoms with van der Waals surface area (Å²) in [6.07, 6.45) is 4.43. The highest BCUT2D eigenvalue weighted by Gasteiger charge is 2.09. The van der Waals surface area contributed by atoms with Gasteiger partial charge in [-0.1, -0.05) is 26.2 Å². The van der Waals surface area contributed by atoms with Gasteiger partial charge in [-0.25, -0.2) is 9.59 Å². The second-order valence-electron chi connectivity index (χ2n) is 4.68. The quantitative estimate of drug-likeness (QED) is 0.573. The van der Waals surface area contributed by atoms with E-state index in [9.17, 15) is 9.59 Å². The molecule has 20 heavy (non-hydrogen) atoms. The van der Waals surface area contributed by atoms with Crippen LogP contribution in [0.25, 0.3) is 0 Å². The molecular formula is C14H28N2O4. The highest BCUT2D eigenvalue weighted by Crippen LogP contribution is 2.03. The fourth-order valence-corrected chi connectivity index (χ4v) is 1.81. The summed E-state index contributed by atoms with van der Waals surface area (Å²) in [4.78, 5) is 23.5. The van der Waals surface area contributed by atoms with E-state index in [1.54, 1.807) is 6.92 Å². The third kappa shape index (κ3) is 10.5. The number of carboxylic acid groups (broad SMARTS) is 1. The maximum absolute atomic E-state index is 11.0. The summed E-state index contributed by atoms with van der Waals surface area (Å²) in [5, 5.41) is 11.7. The Labute approximate surface area is 121 Å². The normalized spacial score (nSPS) is 10.1. The molecule has 0 aliphatic carbocycles. The van der Waals surface area contributed by atoms with Crippen molar-refractivity contribution in [3.8, 4) is 0 Å². The molecule has 0 aromatic carbocycles. The molecule has 0 unspecified atom stereocenters. The van der Waals surface area contributed by atoms with Gasteiger partial charge >= 0.3 is 12.2 Å². The molecule has 0 radical (unpaired) electrons. The van der Waals surface area contributed by atoms with E-state index in [1.807, 2.05) is 0 Å². The van der Waals surface area contributed by atoms with E-state index < -0.39 is 6.09 Å². The van der Waals surface area contributed by atoms with Crippen LogP contribution in [-0.2, 0) is 4.74 Å². The first kappa shape index (κ1) is 18.5. The largest absolute Gasteiger partial charge is 0.465 e. The van der Waals surface area contributed by atoms with Crippen LogP contribution in [0.3, 0.4) is 0 Å². The van der Waals surface area contributed by atoms with Crippen molar-refractivity contribution in [1.29, 1.82) is 0 Å². The minimum atomic E-state index is -0.831. The van der Waals surface area contributed by atoms with Crippen LogP contribution in [0.1, 0.15) is 52.4 Å². The summed E-state index contributed by atoms with van der Waals surface area (Å²) in [7, 11) is 0. The standard InChI is InChI=1S/C14H28N2O4/c1-3-5-11-16(14(18)19)12-9-7-6-8-10-15-13(17)20-4-2/h3-12H2,1-2H3,(H,15,17)(H,18,19). The lowest BCUT2D eigenvalue weighted by Crippen LogP contribution is -2.31. The van der Waals surface area contributed by atoms with Gasteiger partial charge in [-0.15, -0.1) is 0 Å². The zero-order valence-corrected chi connectivity index (χ0v) is 12.7. The summed E-state index contributed by atoms with van der Waals surface area (Å²) in [6, 6.07) is 0. The van der Waals surface area contributed by atoms with Gasteiger partial charge in [-0.05, 0) is 26.2 Å². The predicted molar refractivity (Wildman–Crippen MR) is 78.0 cm³/mol. The summed E-state index contributed by atoms with van der Waals surface area (Å²) >= 11 is 0. The molecule has 0 atom stereocenters. The van der Waals surface area contributed by atoms with Gasteiger partial charge in [-0.3, -0.25) is 0 Å². The Morgan fingerprint density at radius 2 is 1.70 bits per heavy atom. The zero-order valence-electron chi connectivity index (χ0n) is 12.7. The summed E-state index contributed by atoms with van der Waals surface area (Å²) in [5.74, 6) is 0. The lowest BCUT2D eigenvalue weighted by molar-refractivity contribution is 0.143. The monoisotopic (exact) mass is 288 g/mol. The number of ether oxygens (including phenoxy) is 1. The molecule has 0 fully saturated rings. The number of nitrogens with zero attached hydrogens (tertiary/aromatic N) is 1. The number of unbranched alkanes of at least 4 members (excludes halogenated alkanes) is 4. The Bertz CT molecular complexity index is 272. The highest BCUT2D eigenvalue weighted by atomic mass is 16.5. The van der Waals surface area contributed by atoms with E-state index >= 15 is 0 Å². The van der Waals surface area contributed by atoms with Gasteiger partial charge in [0.1, 0.15) is 0 Å². The first-order valence-corrected chi connectivity index (χ1v) is 7.50. The van der Waals surface area contributed by atoms with E-state index in [-0.39, 0.29) is 6.09 Å². The van der Waals surface area contributed by atoms with Crippen molar-refractivity contribution in [2.75, 3.05) is 26.2 Å². The second kappa shape index (κ2) is 12.6. The number of alkyl carbamates (subject to hydrolysis) is 1. The molecule has 0 saturated carbocycles. The molecule has 0 bridgehead atoms. The average molecular weight is 288 g/mol. The Morgan fingerprint density at radius 1 is 1.05 bits per heavy atom. The summed E-state index contributed by atoms with van der Waals surface area (Å²) in [5.41, 5.74) is 0. The van der Waals surface area contributed by atoms with Crippen molar-refractivity contribution in [1.82, 2.24) is 10.2 Å². The van der Waals surface area contributed by atoms with Gasteiger partial charge in [0.05, 0.1) is 6.61 Å². The van der Waals surface area contributed by atoms with Crippen molar-refractivity contribution >= 4 is 12.2 Å². The van der Waals surface area contributed by atoms with Gasteiger partial charge in [0, 0.05) is 19.6 Å². The number of carbonyl (C=O) groups is 2. The van der Waals surface area contributed by atoms with Crippen molar-refractivity contribution in [2.45, 2.75) is 52.4 Å². The summed E-state index contributed by atoms with van der Waals surface area (Å²) < 4.78 is 4.74.